The van der Waals surface area contributed by atoms with E-state index in [0.29, 0.717) is 6.42 Å². The van der Waals surface area contributed by atoms with Crippen molar-refractivity contribution in [2.75, 3.05) is 0 Å². The number of phenolic OH excluding ortho intramolecular Hbond substituents is 1. The summed E-state index contributed by atoms with van der Waals surface area (Å²) in [5.74, 6) is 0.274. The number of rotatable bonds is 3. The molecule has 0 saturated heterocycles. The normalized spacial score (nSPS) is 12.6. The van der Waals surface area contributed by atoms with E-state index in [2.05, 4.69) is 5.10 Å². The van der Waals surface area contributed by atoms with Crippen LogP contribution in [0.1, 0.15) is 17.2 Å². The van der Waals surface area contributed by atoms with Crippen LogP contribution in [-0.4, -0.2) is 14.9 Å². The van der Waals surface area contributed by atoms with E-state index in [-0.39, 0.29) is 11.8 Å². The zero-order valence-corrected chi connectivity index (χ0v) is 9.17. The van der Waals surface area contributed by atoms with Crippen LogP contribution in [0.2, 0.25) is 0 Å². The first-order valence-electron chi connectivity index (χ1n) is 5.17. The second kappa shape index (κ2) is 4.37. The van der Waals surface area contributed by atoms with Crippen LogP contribution in [-0.2, 0) is 13.5 Å². The lowest BCUT2D eigenvalue weighted by Gasteiger charge is -2.09. The molecule has 1 aromatic heterocycles. The molecule has 0 aliphatic rings. The van der Waals surface area contributed by atoms with Crippen LogP contribution in [0, 0.1) is 0 Å². The van der Waals surface area contributed by atoms with E-state index in [1.807, 2.05) is 25.4 Å². The third-order valence-corrected chi connectivity index (χ3v) is 2.52. The summed E-state index contributed by atoms with van der Waals surface area (Å²) in [4.78, 5) is 0. The second-order valence-corrected chi connectivity index (χ2v) is 3.93. The van der Waals surface area contributed by atoms with Gasteiger partial charge >= 0.3 is 0 Å². The van der Waals surface area contributed by atoms with E-state index in [0.717, 1.165) is 11.1 Å². The Morgan fingerprint density at radius 1 is 1.50 bits per heavy atom. The minimum absolute atomic E-state index is 0.0875. The molecule has 2 rings (SSSR count). The molecule has 2 aromatic rings. The molecule has 4 nitrogen and oxygen atoms in total. The van der Waals surface area contributed by atoms with Crippen molar-refractivity contribution in [3.63, 3.8) is 0 Å². The van der Waals surface area contributed by atoms with Crippen molar-refractivity contribution in [3.8, 4) is 5.75 Å². The molecule has 0 spiro atoms. The number of aromatic nitrogens is 2. The van der Waals surface area contributed by atoms with Crippen molar-refractivity contribution < 1.29 is 5.11 Å². The average Bonchev–Trinajstić information content (AvgIpc) is 2.65. The molecule has 0 amide bonds. The molecule has 1 atom stereocenters. The number of aryl methyl sites for hydroxylation is 1. The monoisotopic (exact) mass is 217 g/mol. The molecule has 1 unspecified atom stereocenters. The summed E-state index contributed by atoms with van der Waals surface area (Å²) in [6.45, 7) is 0. The lowest BCUT2D eigenvalue weighted by Crippen LogP contribution is -2.12. The average molecular weight is 217 g/mol. The summed E-state index contributed by atoms with van der Waals surface area (Å²) < 4.78 is 1.73. The third kappa shape index (κ3) is 2.41. The van der Waals surface area contributed by atoms with Crippen molar-refractivity contribution >= 4 is 0 Å². The molecule has 0 aliphatic carbocycles. The maximum absolute atomic E-state index is 9.34. The van der Waals surface area contributed by atoms with Gasteiger partial charge in [-0.25, -0.2) is 0 Å². The fourth-order valence-corrected chi connectivity index (χ4v) is 1.69. The lowest BCUT2D eigenvalue weighted by atomic mass is 10.0. The number of nitrogens with zero attached hydrogens (tertiary/aromatic N) is 2. The van der Waals surface area contributed by atoms with Crippen LogP contribution in [0.4, 0.5) is 0 Å². The fraction of sp³-hybridized carbons (Fsp3) is 0.250. The Balaban J connectivity index is 2.10. The van der Waals surface area contributed by atoms with Gasteiger partial charge in [-0.15, -0.1) is 0 Å². The van der Waals surface area contributed by atoms with Crippen LogP contribution in [0.5, 0.6) is 5.75 Å². The van der Waals surface area contributed by atoms with Gasteiger partial charge < -0.3 is 10.8 Å². The first-order chi connectivity index (χ1) is 7.65. The Labute approximate surface area is 94.3 Å². The topological polar surface area (TPSA) is 64.1 Å². The Bertz CT molecular complexity index is 479. The van der Waals surface area contributed by atoms with E-state index in [1.54, 1.807) is 23.0 Å². The van der Waals surface area contributed by atoms with Gasteiger partial charge in [0, 0.05) is 24.8 Å². The highest BCUT2D eigenvalue weighted by molar-refractivity contribution is 5.28. The number of nitrogens with two attached hydrogens (primary N) is 1. The molecular weight excluding hydrogens is 202 g/mol. The van der Waals surface area contributed by atoms with E-state index in [1.165, 1.54) is 0 Å². The Hall–Kier alpha value is -1.81. The standard InChI is InChI=1S/C12H15N3O/c1-15-8-10(7-14-15)12(13)6-9-3-2-4-11(16)5-9/h2-5,7-8,12,16H,6,13H2,1H3. The largest absolute Gasteiger partial charge is 0.508 e. The Kier molecular flexibility index (Phi) is 2.92. The van der Waals surface area contributed by atoms with Gasteiger partial charge in [0.15, 0.2) is 0 Å². The Morgan fingerprint density at radius 2 is 2.31 bits per heavy atom. The van der Waals surface area contributed by atoms with Gasteiger partial charge in [0.05, 0.1) is 6.20 Å². The van der Waals surface area contributed by atoms with Crippen LogP contribution in [0.15, 0.2) is 36.7 Å². The van der Waals surface area contributed by atoms with Gasteiger partial charge in [0.25, 0.3) is 0 Å². The molecule has 1 heterocycles. The highest BCUT2D eigenvalue weighted by Crippen LogP contribution is 2.18. The quantitative estimate of drug-likeness (QED) is 0.816. The summed E-state index contributed by atoms with van der Waals surface area (Å²) in [5.41, 5.74) is 8.09. The zero-order chi connectivity index (χ0) is 11.5. The van der Waals surface area contributed by atoms with E-state index in [4.69, 9.17) is 5.73 Å². The highest BCUT2D eigenvalue weighted by atomic mass is 16.3. The van der Waals surface area contributed by atoms with Crippen LogP contribution in [0.25, 0.3) is 0 Å². The number of benzene rings is 1. The molecule has 16 heavy (non-hydrogen) atoms. The maximum Gasteiger partial charge on any atom is 0.115 e. The molecule has 4 heteroatoms. The maximum atomic E-state index is 9.34. The van der Waals surface area contributed by atoms with Crippen molar-refractivity contribution in [2.24, 2.45) is 12.8 Å². The third-order valence-electron chi connectivity index (χ3n) is 2.52. The summed E-state index contributed by atoms with van der Waals surface area (Å²) in [7, 11) is 1.87. The lowest BCUT2D eigenvalue weighted by molar-refractivity contribution is 0.474. The van der Waals surface area contributed by atoms with Crippen molar-refractivity contribution in [3.05, 3.63) is 47.8 Å². The van der Waals surface area contributed by atoms with Crippen molar-refractivity contribution in [1.29, 1.82) is 0 Å². The SMILES string of the molecule is Cn1cc(C(N)Cc2cccc(O)c2)cn1. The smallest absolute Gasteiger partial charge is 0.115 e. The fourth-order valence-electron chi connectivity index (χ4n) is 1.69. The van der Waals surface area contributed by atoms with Gasteiger partial charge in [0.2, 0.25) is 0 Å². The van der Waals surface area contributed by atoms with Gasteiger partial charge in [-0.1, -0.05) is 12.1 Å². The first kappa shape index (κ1) is 10.7. The molecule has 0 saturated carbocycles. The molecule has 0 bridgehead atoms. The van der Waals surface area contributed by atoms with Gasteiger partial charge in [0.1, 0.15) is 5.75 Å². The molecule has 84 valence electrons. The molecular formula is C12H15N3O. The van der Waals surface area contributed by atoms with Crippen molar-refractivity contribution in [1.82, 2.24) is 9.78 Å². The highest BCUT2D eigenvalue weighted by Gasteiger charge is 2.09. The van der Waals surface area contributed by atoms with E-state index >= 15 is 0 Å². The van der Waals surface area contributed by atoms with Gasteiger partial charge in [-0.3, -0.25) is 4.68 Å². The summed E-state index contributed by atoms with van der Waals surface area (Å²) in [6.07, 6.45) is 4.38. The molecule has 3 N–H and O–H groups in total. The van der Waals surface area contributed by atoms with Crippen LogP contribution >= 0.6 is 0 Å². The van der Waals surface area contributed by atoms with E-state index in [9.17, 15) is 5.11 Å². The predicted molar refractivity (Wildman–Crippen MR) is 61.9 cm³/mol. The molecule has 0 aliphatic heterocycles. The summed E-state index contributed by atoms with van der Waals surface area (Å²) in [5, 5.41) is 13.4. The number of phenols is 1. The number of hydrogen-bond acceptors (Lipinski definition) is 3. The number of hydrogen-bond donors (Lipinski definition) is 2. The molecule has 1 aromatic carbocycles. The Morgan fingerprint density at radius 3 is 2.94 bits per heavy atom. The molecule has 0 fully saturated rings. The van der Waals surface area contributed by atoms with Crippen LogP contribution < -0.4 is 5.73 Å². The number of aromatic hydroxyl groups is 1. The summed E-state index contributed by atoms with van der Waals surface area (Å²) in [6, 6.07) is 7.07. The first-order valence-corrected chi connectivity index (χ1v) is 5.17. The molecule has 0 radical (unpaired) electrons. The minimum atomic E-state index is -0.0875. The van der Waals surface area contributed by atoms with Gasteiger partial charge in [-0.05, 0) is 24.1 Å². The van der Waals surface area contributed by atoms with Crippen molar-refractivity contribution in [2.45, 2.75) is 12.5 Å². The predicted octanol–water partition coefficient (Wildman–Crippen LogP) is 1.37. The minimum Gasteiger partial charge on any atom is -0.508 e. The van der Waals surface area contributed by atoms with Crippen LogP contribution in [0.3, 0.4) is 0 Å². The van der Waals surface area contributed by atoms with E-state index < -0.39 is 0 Å². The second-order valence-electron chi connectivity index (χ2n) is 3.93. The zero-order valence-electron chi connectivity index (χ0n) is 9.17. The van der Waals surface area contributed by atoms with Gasteiger partial charge in [-0.2, -0.15) is 5.10 Å². The summed E-state index contributed by atoms with van der Waals surface area (Å²) >= 11 is 0.